The first-order valence-electron chi connectivity index (χ1n) is 8.17. The number of nitrogens with one attached hydrogen (secondary N) is 1. The molecule has 4 rings (SSSR count). The van der Waals surface area contributed by atoms with E-state index in [1.54, 1.807) is 23.7 Å². The average molecular weight is 422 g/mol. The first kappa shape index (κ1) is 18.1. The van der Waals surface area contributed by atoms with Crippen molar-refractivity contribution in [3.05, 3.63) is 58.6 Å². The van der Waals surface area contributed by atoms with Crippen LogP contribution in [0.1, 0.15) is 5.56 Å². The molecule has 1 aliphatic heterocycles. The molecule has 0 spiro atoms. The van der Waals surface area contributed by atoms with Gasteiger partial charge < -0.3 is 9.64 Å². The Morgan fingerprint density at radius 1 is 1.22 bits per heavy atom. The molecule has 0 radical (unpaired) electrons. The number of hydrogen-bond donors (Lipinski definition) is 1. The lowest BCUT2D eigenvalue weighted by Gasteiger charge is -2.32. The first-order valence-corrected chi connectivity index (χ1v) is 10.9. The maximum absolute atomic E-state index is 12.6. The highest BCUT2D eigenvalue weighted by Crippen LogP contribution is 2.40. The van der Waals surface area contributed by atoms with Crippen LogP contribution in [0, 0.1) is 6.92 Å². The fraction of sp³-hybridized carbons (Fsp3) is 0.167. The number of sulfonamides is 1. The molecule has 6 nitrogen and oxygen atoms in total. The van der Waals surface area contributed by atoms with Gasteiger partial charge in [0.05, 0.1) is 17.1 Å². The number of anilines is 3. The highest BCUT2D eigenvalue weighted by molar-refractivity contribution is 7.93. The molecule has 0 saturated carbocycles. The first-order chi connectivity index (χ1) is 12.9. The van der Waals surface area contributed by atoms with Crippen LogP contribution in [0.15, 0.2) is 52.9 Å². The Hall–Kier alpha value is -2.29. The van der Waals surface area contributed by atoms with Crippen molar-refractivity contribution in [3.8, 4) is 5.75 Å². The Kier molecular flexibility index (Phi) is 4.71. The van der Waals surface area contributed by atoms with E-state index in [9.17, 15) is 8.42 Å². The lowest BCUT2D eigenvalue weighted by atomic mass is 10.1. The van der Waals surface area contributed by atoms with Gasteiger partial charge in [-0.1, -0.05) is 17.7 Å². The molecule has 1 aliphatic rings. The third-order valence-corrected chi connectivity index (χ3v) is 6.61. The zero-order chi connectivity index (χ0) is 19.0. The van der Waals surface area contributed by atoms with Gasteiger partial charge in [0.15, 0.2) is 5.13 Å². The lowest BCUT2D eigenvalue weighted by Crippen LogP contribution is -2.29. The summed E-state index contributed by atoms with van der Waals surface area (Å²) in [4.78, 5) is 6.17. The van der Waals surface area contributed by atoms with Gasteiger partial charge in [0.2, 0.25) is 0 Å². The van der Waals surface area contributed by atoms with Crippen molar-refractivity contribution in [1.82, 2.24) is 4.98 Å². The molecule has 0 atom stereocenters. The summed E-state index contributed by atoms with van der Waals surface area (Å²) in [6.45, 7) is 3.11. The molecule has 0 bridgehead atoms. The molecule has 0 unspecified atom stereocenters. The molecule has 1 aromatic heterocycles. The summed E-state index contributed by atoms with van der Waals surface area (Å²) >= 11 is 7.39. The van der Waals surface area contributed by atoms with Gasteiger partial charge in [-0.3, -0.25) is 4.72 Å². The molecule has 0 saturated heterocycles. The van der Waals surface area contributed by atoms with Gasteiger partial charge in [0.25, 0.3) is 10.0 Å². The number of aryl methyl sites for hydroxylation is 1. The van der Waals surface area contributed by atoms with Crippen molar-refractivity contribution in [3.63, 3.8) is 0 Å². The summed E-state index contributed by atoms with van der Waals surface area (Å²) in [5.74, 6) is 0.516. The van der Waals surface area contributed by atoms with E-state index >= 15 is 0 Å². The predicted molar refractivity (Wildman–Crippen MR) is 108 cm³/mol. The molecular weight excluding hydrogens is 406 g/mol. The lowest BCUT2D eigenvalue weighted by molar-refractivity contribution is 0.313. The van der Waals surface area contributed by atoms with Crippen LogP contribution in [-0.2, 0) is 10.0 Å². The van der Waals surface area contributed by atoms with E-state index in [0.717, 1.165) is 16.9 Å². The highest BCUT2D eigenvalue weighted by Gasteiger charge is 2.24. The summed E-state index contributed by atoms with van der Waals surface area (Å²) in [5, 5.41) is 2.68. The minimum Gasteiger partial charge on any atom is -0.489 e. The Balaban J connectivity index is 1.71. The number of rotatable bonds is 4. The maximum atomic E-state index is 12.6. The van der Waals surface area contributed by atoms with Crippen LogP contribution in [0.2, 0.25) is 5.02 Å². The Labute approximate surface area is 166 Å². The second kappa shape index (κ2) is 7.03. The van der Waals surface area contributed by atoms with Crippen LogP contribution in [-0.4, -0.2) is 26.6 Å². The molecule has 0 fully saturated rings. The minimum absolute atomic E-state index is 0.126. The number of nitrogens with zero attached hydrogens (tertiary/aromatic N) is 2. The van der Waals surface area contributed by atoms with E-state index in [-0.39, 0.29) is 4.90 Å². The van der Waals surface area contributed by atoms with Gasteiger partial charge in [-0.05, 0) is 36.8 Å². The van der Waals surface area contributed by atoms with E-state index in [0.29, 0.717) is 29.1 Å². The average Bonchev–Trinajstić information content (AvgIpc) is 3.15. The van der Waals surface area contributed by atoms with Gasteiger partial charge in [0.1, 0.15) is 12.4 Å². The third kappa shape index (κ3) is 3.60. The second-order valence-electron chi connectivity index (χ2n) is 6.00. The van der Waals surface area contributed by atoms with Crippen LogP contribution in [0.3, 0.4) is 0 Å². The van der Waals surface area contributed by atoms with Crippen molar-refractivity contribution < 1.29 is 13.2 Å². The fourth-order valence-corrected chi connectivity index (χ4v) is 4.91. The molecule has 2 heterocycles. The molecule has 27 heavy (non-hydrogen) atoms. The number of benzene rings is 2. The smallest absolute Gasteiger partial charge is 0.263 e. The number of aromatic nitrogens is 1. The van der Waals surface area contributed by atoms with Gasteiger partial charge in [-0.2, -0.15) is 0 Å². The van der Waals surface area contributed by atoms with Gasteiger partial charge in [-0.25, -0.2) is 13.4 Å². The fourth-order valence-electron chi connectivity index (χ4n) is 2.94. The van der Waals surface area contributed by atoms with Gasteiger partial charge in [-0.15, -0.1) is 11.3 Å². The number of ether oxygens (including phenoxy) is 1. The molecule has 1 N–H and O–H groups in total. The SMILES string of the molecule is Cc1ccc(Cl)cc1N1CCOc2cc(S(=O)(=O)Nc3nccs3)ccc21. The topological polar surface area (TPSA) is 71.5 Å². The van der Waals surface area contributed by atoms with E-state index in [4.69, 9.17) is 16.3 Å². The molecule has 140 valence electrons. The van der Waals surface area contributed by atoms with E-state index in [1.165, 1.54) is 17.4 Å². The normalized spacial score (nSPS) is 13.8. The quantitative estimate of drug-likeness (QED) is 0.674. The number of thiazole rings is 1. The summed E-state index contributed by atoms with van der Waals surface area (Å²) in [5.41, 5.74) is 2.86. The van der Waals surface area contributed by atoms with Crippen molar-refractivity contribution in [1.29, 1.82) is 0 Å². The number of fused-ring (bicyclic) bond motifs is 1. The highest BCUT2D eigenvalue weighted by atomic mass is 35.5. The van der Waals surface area contributed by atoms with Crippen molar-refractivity contribution >= 4 is 49.5 Å². The number of halogens is 1. The largest absolute Gasteiger partial charge is 0.489 e. The van der Waals surface area contributed by atoms with Crippen LogP contribution < -0.4 is 14.4 Å². The van der Waals surface area contributed by atoms with Crippen molar-refractivity contribution in [2.24, 2.45) is 0 Å². The predicted octanol–water partition coefficient (Wildman–Crippen LogP) is 4.44. The standard InChI is InChI=1S/C18H16ClN3O3S2/c1-12-2-3-13(19)10-16(12)22-7-8-25-17-11-14(4-5-15(17)22)27(23,24)21-18-20-6-9-26-18/h2-6,9-11H,7-8H2,1H3,(H,20,21). The molecular formula is C18H16ClN3O3S2. The van der Waals surface area contributed by atoms with Gasteiger partial charge in [0, 0.05) is 28.4 Å². The van der Waals surface area contributed by atoms with Crippen molar-refractivity contribution in [2.45, 2.75) is 11.8 Å². The number of hydrogen-bond acceptors (Lipinski definition) is 6. The summed E-state index contributed by atoms with van der Waals surface area (Å²) in [7, 11) is -3.74. The second-order valence-corrected chi connectivity index (χ2v) is 9.02. The maximum Gasteiger partial charge on any atom is 0.263 e. The van der Waals surface area contributed by atoms with Crippen LogP contribution in [0.4, 0.5) is 16.5 Å². The molecule has 0 amide bonds. The third-order valence-electron chi connectivity index (χ3n) is 4.22. The Morgan fingerprint density at radius 3 is 2.85 bits per heavy atom. The molecule has 3 aromatic rings. The monoisotopic (exact) mass is 421 g/mol. The van der Waals surface area contributed by atoms with E-state index < -0.39 is 10.0 Å². The molecule has 0 aliphatic carbocycles. The summed E-state index contributed by atoms with van der Waals surface area (Å²) < 4.78 is 33.4. The Bertz CT molecular complexity index is 1090. The summed E-state index contributed by atoms with van der Waals surface area (Å²) in [6.07, 6.45) is 1.55. The van der Waals surface area contributed by atoms with Crippen LogP contribution in [0.25, 0.3) is 0 Å². The van der Waals surface area contributed by atoms with Gasteiger partial charge >= 0.3 is 0 Å². The zero-order valence-electron chi connectivity index (χ0n) is 14.3. The summed E-state index contributed by atoms with van der Waals surface area (Å²) in [6, 6.07) is 10.6. The van der Waals surface area contributed by atoms with E-state index in [1.807, 2.05) is 25.1 Å². The van der Waals surface area contributed by atoms with Crippen LogP contribution >= 0.6 is 22.9 Å². The molecule has 2 aromatic carbocycles. The van der Waals surface area contributed by atoms with Crippen LogP contribution in [0.5, 0.6) is 5.75 Å². The Morgan fingerprint density at radius 2 is 2.07 bits per heavy atom. The van der Waals surface area contributed by atoms with E-state index in [2.05, 4.69) is 14.6 Å². The zero-order valence-corrected chi connectivity index (χ0v) is 16.7. The minimum atomic E-state index is -3.74. The molecule has 9 heteroatoms. The van der Waals surface area contributed by atoms with Crippen molar-refractivity contribution in [2.75, 3.05) is 22.8 Å².